The molecule has 0 aliphatic carbocycles. The van der Waals surface area contributed by atoms with E-state index in [2.05, 4.69) is 10.2 Å². The number of hydrogen-bond donors (Lipinski definition) is 2. The maximum absolute atomic E-state index is 11.5. The first kappa shape index (κ1) is 30.1. The lowest BCUT2D eigenvalue weighted by Gasteiger charge is -2.10. The van der Waals surface area contributed by atoms with Crippen LogP contribution < -0.4 is 0 Å². The molecule has 0 bridgehead atoms. The second kappa shape index (κ2) is 13.1. The SMILES string of the molecule is Cc1nn(-c2ccccc2)c(O)c1C(=Nc1cccc(N=C(c2ccccc2)c2c(C)nn(-c3ccccc3)c2O)c1)c1ccccc1. The minimum atomic E-state index is 0.00298. The van der Waals surface area contributed by atoms with Crippen LogP contribution in [0.1, 0.15) is 33.6 Å². The number of rotatable bonds is 8. The van der Waals surface area contributed by atoms with Crippen molar-refractivity contribution in [1.82, 2.24) is 19.6 Å². The first-order valence-electron chi connectivity index (χ1n) is 15.5. The first-order chi connectivity index (χ1) is 23.5. The summed E-state index contributed by atoms with van der Waals surface area (Å²) in [5.41, 5.74) is 7.94. The van der Waals surface area contributed by atoms with Gasteiger partial charge in [-0.05, 0) is 56.3 Å². The van der Waals surface area contributed by atoms with Gasteiger partial charge in [0, 0.05) is 11.1 Å². The molecule has 2 aromatic heterocycles. The van der Waals surface area contributed by atoms with E-state index in [1.165, 1.54) is 9.36 Å². The van der Waals surface area contributed by atoms with Gasteiger partial charge in [0.05, 0.1) is 56.7 Å². The molecule has 8 nitrogen and oxygen atoms in total. The molecule has 2 heterocycles. The molecule has 8 heteroatoms. The van der Waals surface area contributed by atoms with Crippen molar-refractivity contribution in [3.8, 4) is 23.1 Å². The van der Waals surface area contributed by atoms with Crippen molar-refractivity contribution in [2.24, 2.45) is 9.98 Å². The molecule has 0 fully saturated rings. The summed E-state index contributed by atoms with van der Waals surface area (Å²) in [7, 11) is 0. The van der Waals surface area contributed by atoms with Crippen LogP contribution in [0.5, 0.6) is 11.8 Å². The van der Waals surface area contributed by atoms with Gasteiger partial charge in [-0.2, -0.15) is 10.2 Å². The molecule has 5 aromatic carbocycles. The van der Waals surface area contributed by atoms with Gasteiger partial charge in [0.2, 0.25) is 11.8 Å². The standard InChI is InChI=1S/C40H32N6O2/c1-27-35(39(47)45(43-27)33-22-11-5-12-23-33)37(29-16-7-3-8-17-29)41-31-20-15-21-32(26-31)42-38(30-18-9-4-10-19-30)36-28(2)44-46(40(36)48)34-24-13-6-14-25-34/h3-26,47-48H,1-2H3. The minimum absolute atomic E-state index is 0.00298. The lowest BCUT2D eigenvalue weighted by molar-refractivity contribution is 0.432. The highest BCUT2D eigenvalue weighted by atomic mass is 16.3. The van der Waals surface area contributed by atoms with Crippen molar-refractivity contribution in [2.75, 3.05) is 0 Å². The molecule has 0 unspecified atom stereocenters. The molecular weight excluding hydrogens is 596 g/mol. The van der Waals surface area contributed by atoms with Crippen LogP contribution >= 0.6 is 0 Å². The summed E-state index contributed by atoms with van der Waals surface area (Å²) in [6.07, 6.45) is 0. The van der Waals surface area contributed by atoms with E-state index in [1.54, 1.807) is 0 Å². The Balaban J connectivity index is 1.36. The smallest absolute Gasteiger partial charge is 0.224 e. The Kier molecular flexibility index (Phi) is 8.20. The molecule has 0 aliphatic rings. The van der Waals surface area contributed by atoms with E-state index in [-0.39, 0.29) is 11.8 Å². The number of aromatic hydroxyl groups is 2. The van der Waals surface area contributed by atoms with Gasteiger partial charge in [-0.25, -0.2) is 19.3 Å². The van der Waals surface area contributed by atoms with Crippen molar-refractivity contribution in [1.29, 1.82) is 0 Å². The Hall–Kier alpha value is -6.54. The summed E-state index contributed by atoms with van der Waals surface area (Å²) in [4.78, 5) is 10.2. The van der Waals surface area contributed by atoms with Gasteiger partial charge in [0.25, 0.3) is 0 Å². The summed E-state index contributed by atoms with van der Waals surface area (Å²) in [5.74, 6) is 0.00596. The van der Waals surface area contributed by atoms with E-state index in [0.717, 1.165) is 22.5 Å². The summed E-state index contributed by atoms with van der Waals surface area (Å²) in [5, 5.41) is 32.3. The second-order valence-corrected chi connectivity index (χ2v) is 11.2. The molecule has 2 N–H and O–H groups in total. The van der Waals surface area contributed by atoms with E-state index in [1.807, 2.05) is 159 Å². The molecule has 234 valence electrons. The van der Waals surface area contributed by atoms with Gasteiger partial charge in [0.1, 0.15) is 0 Å². The third-order valence-electron chi connectivity index (χ3n) is 7.95. The largest absolute Gasteiger partial charge is 0.493 e. The van der Waals surface area contributed by atoms with Gasteiger partial charge >= 0.3 is 0 Å². The molecule has 0 radical (unpaired) electrons. The highest BCUT2D eigenvalue weighted by Crippen LogP contribution is 2.33. The zero-order valence-corrected chi connectivity index (χ0v) is 26.4. The molecule has 48 heavy (non-hydrogen) atoms. The van der Waals surface area contributed by atoms with Crippen molar-refractivity contribution in [3.05, 3.63) is 179 Å². The summed E-state index contributed by atoms with van der Waals surface area (Å²) in [6.45, 7) is 3.73. The summed E-state index contributed by atoms with van der Waals surface area (Å²) in [6, 6.07) is 46.1. The number of benzene rings is 5. The lowest BCUT2D eigenvalue weighted by atomic mass is 10.0. The number of hydrogen-bond acceptors (Lipinski definition) is 6. The molecular formula is C40H32N6O2. The fourth-order valence-electron chi connectivity index (χ4n) is 5.70. The zero-order valence-electron chi connectivity index (χ0n) is 26.4. The van der Waals surface area contributed by atoms with Gasteiger partial charge in [-0.3, -0.25) is 0 Å². The summed E-state index contributed by atoms with van der Waals surface area (Å²) >= 11 is 0. The molecule has 0 amide bonds. The third-order valence-corrected chi connectivity index (χ3v) is 7.95. The normalized spacial score (nSPS) is 12.0. The van der Waals surface area contributed by atoms with Crippen LogP contribution in [0.25, 0.3) is 11.4 Å². The maximum atomic E-state index is 11.5. The van der Waals surface area contributed by atoms with Crippen molar-refractivity contribution >= 4 is 22.8 Å². The van der Waals surface area contributed by atoms with Crippen LogP contribution in [0.2, 0.25) is 0 Å². The van der Waals surface area contributed by atoms with Gasteiger partial charge in [-0.15, -0.1) is 0 Å². The summed E-state index contributed by atoms with van der Waals surface area (Å²) < 4.78 is 3.06. The quantitative estimate of drug-likeness (QED) is 0.165. The Morgan fingerprint density at radius 2 is 0.833 bits per heavy atom. The Morgan fingerprint density at radius 1 is 0.479 bits per heavy atom. The van der Waals surface area contributed by atoms with Gasteiger partial charge in [0.15, 0.2) is 0 Å². The van der Waals surface area contributed by atoms with E-state index in [9.17, 15) is 10.2 Å². The predicted molar refractivity (Wildman–Crippen MR) is 190 cm³/mol. The third kappa shape index (κ3) is 5.90. The Labute approximate surface area is 278 Å². The molecule has 7 aromatic rings. The maximum Gasteiger partial charge on any atom is 0.224 e. The number of aliphatic imine (C=N–C) groups is 2. The number of aromatic nitrogens is 4. The van der Waals surface area contributed by atoms with Crippen LogP contribution in [-0.2, 0) is 0 Å². The van der Waals surface area contributed by atoms with Crippen molar-refractivity contribution in [3.63, 3.8) is 0 Å². The van der Waals surface area contributed by atoms with E-state index in [0.29, 0.717) is 45.3 Å². The monoisotopic (exact) mass is 628 g/mol. The first-order valence-corrected chi connectivity index (χ1v) is 15.5. The molecule has 0 aliphatic heterocycles. The van der Waals surface area contributed by atoms with Crippen LogP contribution in [-0.4, -0.2) is 41.2 Å². The predicted octanol–water partition coefficient (Wildman–Crippen LogP) is 8.42. The molecule has 0 spiro atoms. The second-order valence-electron chi connectivity index (χ2n) is 11.2. The van der Waals surface area contributed by atoms with Crippen LogP contribution in [0.3, 0.4) is 0 Å². The van der Waals surface area contributed by atoms with Crippen LogP contribution in [0.4, 0.5) is 11.4 Å². The molecule has 0 atom stereocenters. The average Bonchev–Trinajstić information content (AvgIpc) is 3.60. The fraction of sp³-hybridized carbons (Fsp3) is 0.0500. The van der Waals surface area contributed by atoms with Gasteiger partial charge in [-0.1, -0.05) is 103 Å². The zero-order chi connectivity index (χ0) is 33.0. The fourth-order valence-corrected chi connectivity index (χ4v) is 5.70. The van der Waals surface area contributed by atoms with Crippen molar-refractivity contribution in [2.45, 2.75) is 13.8 Å². The van der Waals surface area contributed by atoms with E-state index in [4.69, 9.17) is 9.98 Å². The molecule has 0 saturated heterocycles. The highest BCUT2D eigenvalue weighted by molar-refractivity contribution is 6.17. The molecule has 7 rings (SSSR count). The average molecular weight is 629 g/mol. The highest BCUT2D eigenvalue weighted by Gasteiger charge is 2.24. The Bertz CT molecular complexity index is 2100. The van der Waals surface area contributed by atoms with E-state index >= 15 is 0 Å². The topological polar surface area (TPSA) is 101 Å². The van der Waals surface area contributed by atoms with Gasteiger partial charge < -0.3 is 10.2 Å². The van der Waals surface area contributed by atoms with Crippen LogP contribution in [0, 0.1) is 13.8 Å². The minimum Gasteiger partial charge on any atom is -0.493 e. The lowest BCUT2D eigenvalue weighted by Crippen LogP contribution is -2.05. The Morgan fingerprint density at radius 3 is 1.21 bits per heavy atom. The number of nitrogens with zero attached hydrogens (tertiary/aromatic N) is 6. The number of para-hydroxylation sites is 2. The molecule has 0 saturated carbocycles. The van der Waals surface area contributed by atoms with Crippen LogP contribution in [0.15, 0.2) is 156 Å². The number of aryl methyl sites for hydroxylation is 2. The van der Waals surface area contributed by atoms with E-state index < -0.39 is 0 Å². The van der Waals surface area contributed by atoms with Crippen molar-refractivity contribution < 1.29 is 10.2 Å².